The third kappa shape index (κ3) is 2.08. The molecular weight excluding hydrogens is 166 g/mol. The number of hydrogen-bond acceptors (Lipinski definition) is 4. The Morgan fingerprint density at radius 3 is 3.31 bits per heavy atom. The van der Waals surface area contributed by atoms with Crippen LogP contribution in [0.15, 0.2) is 16.8 Å². The molecule has 0 amide bonds. The normalized spacial score (nSPS) is 22.8. The summed E-state index contributed by atoms with van der Waals surface area (Å²) in [5, 5.41) is 7.03. The minimum Gasteiger partial charge on any atom is -0.360 e. The Balaban J connectivity index is 1.87. The molecule has 0 radical (unpaired) electrons. The van der Waals surface area contributed by atoms with Crippen molar-refractivity contribution < 1.29 is 4.52 Å². The predicted molar refractivity (Wildman–Crippen MR) is 49.2 cm³/mol. The molecule has 1 atom stereocenters. The number of aromatic nitrogens is 1. The van der Waals surface area contributed by atoms with Crippen LogP contribution in [0.4, 0.5) is 0 Å². The number of rotatable bonds is 3. The Morgan fingerprint density at radius 2 is 2.69 bits per heavy atom. The highest BCUT2D eigenvalue weighted by molar-refractivity contribution is 4.93. The fourth-order valence-electron chi connectivity index (χ4n) is 1.71. The van der Waals surface area contributed by atoms with Crippen molar-refractivity contribution in [1.82, 2.24) is 15.4 Å². The van der Waals surface area contributed by atoms with Crippen LogP contribution in [0.5, 0.6) is 0 Å². The maximum atomic E-state index is 5.05. The van der Waals surface area contributed by atoms with E-state index in [-0.39, 0.29) is 0 Å². The molecule has 4 heteroatoms. The van der Waals surface area contributed by atoms with Crippen LogP contribution in [0.3, 0.4) is 0 Å². The van der Waals surface area contributed by atoms with Crippen molar-refractivity contribution in [2.75, 3.05) is 20.1 Å². The average Bonchev–Trinajstić information content (AvgIpc) is 2.74. The van der Waals surface area contributed by atoms with E-state index in [0.29, 0.717) is 6.04 Å². The average molecular weight is 181 g/mol. The molecule has 0 bridgehead atoms. The van der Waals surface area contributed by atoms with Crippen molar-refractivity contribution in [2.45, 2.75) is 19.0 Å². The van der Waals surface area contributed by atoms with Gasteiger partial charge in [0, 0.05) is 18.7 Å². The van der Waals surface area contributed by atoms with Crippen molar-refractivity contribution in [1.29, 1.82) is 0 Å². The van der Waals surface area contributed by atoms with Gasteiger partial charge in [-0.05, 0) is 20.0 Å². The Morgan fingerprint density at radius 1 is 1.77 bits per heavy atom. The van der Waals surface area contributed by atoms with Crippen LogP contribution in [-0.2, 0) is 6.54 Å². The number of nitrogens with zero attached hydrogens (tertiary/aromatic N) is 2. The molecule has 1 N–H and O–H groups in total. The van der Waals surface area contributed by atoms with Crippen molar-refractivity contribution in [3.05, 3.63) is 18.0 Å². The van der Waals surface area contributed by atoms with Gasteiger partial charge in [-0.25, -0.2) is 0 Å². The second-order valence-corrected chi connectivity index (χ2v) is 3.54. The number of hydrogen-bond donors (Lipinski definition) is 1. The zero-order valence-corrected chi connectivity index (χ0v) is 7.86. The Hall–Kier alpha value is -0.870. The highest BCUT2D eigenvalue weighted by atomic mass is 16.5. The maximum Gasteiger partial charge on any atom is 0.150 e. The molecular formula is C9H15N3O. The van der Waals surface area contributed by atoms with Gasteiger partial charge in [-0.3, -0.25) is 4.90 Å². The lowest BCUT2D eigenvalue weighted by Gasteiger charge is -2.21. The molecule has 0 spiro atoms. The monoisotopic (exact) mass is 181 g/mol. The lowest BCUT2D eigenvalue weighted by molar-refractivity contribution is 0.218. The lowest BCUT2D eigenvalue weighted by Crippen LogP contribution is -2.32. The van der Waals surface area contributed by atoms with E-state index in [9.17, 15) is 0 Å². The van der Waals surface area contributed by atoms with E-state index in [1.54, 1.807) is 6.20 Å². The zero-order valence-electron chi connectivity index (χ0n) is 7.86. The first-order valence-corrected chi connectivity index (χ1v) is 4.67. The largest absolute Gasteiger partial charge is 0.360 e. The molecule has 13 heavy (non-hydrogen) atoms. The smallest absolute Gasteiger partial charge is 0.150 e. The fraction of sp³-hybridized carbons (Fsp3) is 0.667. The summed E-state index contributed by atoms with van der Waals surface area (Å²) in [5.41, 5.74) is 0. The zero-order chi connectivity index (χ0) is 9.10. The van der Waals surface area contributed by atoms with E-state index in [1.807, 2.05) is 6.07 Å². The van der Waals surface area contributed by atoms with Crippen LogP contribution in [0, 0.1) is 0 Å². The summed E-state index contributed by atoms with van der Waals surface area (Å²) in [7, 11) is 2.13. The maximum absolute atomic E-state index is 5.05. The van der Waals surface area contributed by atoms with Gasteiger partial charge in [0.2, 0.25) is 0 Å². The van der Waals surface area contributed by atoms with Crippen molar-refractivity contribution in [2.24, 2.45) is 0 Å². The first-order chi connectivity index (χ1) is 6.36. The molecule has 2 rings (SSSR count). The van der Waals surface area contributed by atoms with Crippen LogP contribution in [-0.4, -0.2) is 36.2 Å². The second kappa shape index (κ2) is 3.89. The molecule has 1 fully saturated rings. The fourth-order valence-corrected chi connectivity index (χ4v) is 1.71. The summed E-state index contributed by atoms with van der Waals surface area (Å²) < 4.78 is 5.05. The highest BCUT2D eigenvalue weighted by Crippen LogP contribution is 2.10. The topological polar surface area (TPSA) is 41.3 Å². The summed E-state index contributed by atoms with van der Waals surface area (Å²) in [5.74, 6) is 0.939. The Bertz CT molecular complexity index is 241. The lowest BCUT2D eigenvalue weighted by atomic mass is 10.2. The van der Waals surface area contributed by atoms with Gasteiger partial charge in [-0.15, -0.1) is 0 Å². The van der Waals surface area contributed by atoms with E-state index in [4.69, 9.17) is 4.52 Å². The third-order valence-electron chi connectivity index (χ3n) is 2.55. The van der Waals surface area contributed by atoms with E-state index in [0.717, 1.165) is 25.4 Å². The summed E-state index contributed by atoms with van der Waals surface area (Å²) in [6.45, 7) is 3.07. The standard InChI is InChI=1S/C9H15N3O/c1-12(8-2-4-10-6-8)7-9-3-5-11-13-9/h3,5,8,10H,2,4,6-7H2,1H3. The van der Waals surface area contributed by atoms with Crippen molar-refractivity contribution in [3.8, 4) is 0 Å². The van der Waals surface area contributed by atoms with Crippen molar-refractivity contribution in [3.63, 3.8) is 0 Å². The minimum absolute atomic E-state index is 0.644. The van der Waals surface area contributed by atoms with Gasteiger partial charge >= 0.3 is 0 Å². The molecule has 72 valence electrons. The molecule has 4 nitrogen and oxygen atoms in total. The third-order valence-corrected chi connectivity index (χ3v) is 2.55. The van der Waals surface area contributed by atoms with E-state index < -0.39 is 0 Å². The molecule has 0 aliphatic carbocycles. The number of likely N-dealkylation sites (N-methyl/N-ethyl adjacent to an activating group) is 1. The van der Waals surface area contributed by atoms with Gasteiger partial charge in [0.15, 0.2) is 5.76 Å². The first-order valence-electron chi connectivity index (χ1n) is 4.67. The van der Waals surface area contributed by atoms with Gasteiger partial charge in [0.1, 0.15) is 0 Å². The summed E-state index contributed by atoms with van der Waals surface area (Å²) in [6, 6.07) is 2.56. The molecule has 1 aromatic heterocycles. The Labute approximate surface area is 77.9 Å². The van der Waals surface area contributed by atoms with E-state index in [1.165, 1.54) is 6.42 Å². The second-order valence-electron chi connectivity index (χ2n) is 3.54. The van der Waals surface area contributed by atoms with Crippen molar-refractivity contribution >= 4 is 0 Å². The van der Waals surface area contributed by atoms with Crippen LogP contribution in [0.1, 0.15) is 12.2 Å². The summed E-state index contributed by atoms with van der Waals surface area (Å²) in [4.78, 5) is 2.31. The summed E-state index contributed by atoms with van der Waals surface area (Å²) >= 11 is 0. The van der Waals surface area contributed by atoms with E-state index >= 15 is 0 Å². The van der Waals surface area contributed by atoms with Gasteiger partial charge in [0.05, 0.1) is 12.7 Å². The highest BCUT2D eigenvalue weighted by Gasteiger charge is 2.19. The Kier molecular flexibility index (Phi) is 2.61. The summed E-state index contributed by atoms with van der Waals surface area (Å²) in [6.07, 6.45) is 2.92. The SMILES string of the molecule is CN(Cc1ccno1)C1CCNC1. The molecule has 1 unspecified atom stereocenters. The first kappa shape index (κ1) is 8.72. The van der Waals surface area contributed by atoms with Crippen LogP contribution in [0.2, 0.25) is 0 Å². The predicted octanol–water partition coefficient (Wildman–Crippen LogP) is 0.468. The molecule has 1 aliphatic rings. The van der Waals surface area contributed by atoms with Crippen LogP contribution in [0.25, 0.3) is 0 Å². The molecule has 1 saturated heterocycles. The van der Waals surface area contributed by atoms with Gasteiger partial charge in [-0.1, -0.05) is 5.16 Å². The van der Waals surface area contributed by atoms with Gasteiger partial charge in [0.25, 0.3) is 0 Å². The molecule has 1 aliphatic heterocycles. The minimum atomic E-state index is 0.644. The quantitative estimate of drug-likeness (QED) is 0.736. The van der Waals surface area contributed by atoms with Gasteiger partial charge in [-0.2, -0.15) is 0 Å². The molecule has 0 aromatic carbocycles. The molecule has 2 heterocycles. The molecule has 1 aromatic rings. The van der Waals surface area contributed by atoms with Gasteiger partial charge < -0.3 is 9.84 Å². The van der Waals surface area contributed by atoms with E-state index in [2.05, 4.69) is 22.4 Å². The van der Waals surface area contributed by atoms with Crippen LogP contribution >= 0.6 is 0 Å². The molecule has 0 saturated carbocycles. The van der Waals surface area contributed by atoms with Crippen LogP contribution < -0.4 is 5.32 Å². The number of nitrogens with one attached hydrogen (secondary N) is 1.